The molecule has 166 valence electrons. The van der Waals surface area contributed by atoms with Crippen LogP contribution in [-0.2, 0) is 8.85 Å². The average Bonchev–Trinajstić information content (AvgIpc) is 2.60. The highest BCUT2D eigenvalue weighted by atomic mass is 28.4. The molecule has 4 heteroatoms. The van der Waals surface area contributed by atoms with Crippen LogP contribution in [0.1, 0.15) is 74.0 Å². The Hall–Kier alpha value is -0.686. The molecular formula is C25H46O2Si2. The van der Waals surface area contributed by atoms with Gasteiger partial charge in [0.2, 0.25) is 8.32 Å². The van der Waals surface area contributed by atoms with Crippen molar-refractivity contribution in [2.75, 3.05) is 6.61 Å². The zero-order chi connectivity index (χ0) is 22.5. The van der Waals surface area contributed by atoms with Crippen molar-refractivity contribution in [3.63, 3.8) is 0 Å². The maximum absolute atomic E-state index is 7.12. The lowest BCUT2D eigenvalue weighted by molar-refractivity contribution is 0.219. The molecule has 0 saturated heterocycles. The van der Waals surface area contributed by atoms with E-state index in [1.54, 1.807) is 0 Å². The zero-order valence-electron chi connectivity index (χ0n) is 20.9. The van der Waals surface area contributed by atoms with E-state index in [0.717, 1.165) is 0 Å². The first-order chi connectivity index (χ1) is 13.3. The summed E-state index contributed by atoms with van der Waals surface area (Å²) in [4.78, 5) is 0. The van der Waals surface area contributed by atoms with Gasteiger partial charge < -0.3 is 8.85 Å². The molecule has 1 rings (SSSR count). The molecule has 1 aromatic rings. The quantitative estimate of drug-likeness (QED) is 0.271. The van der Waals surface area contributed by atoms with E-state index in [1.807, 2.05) is 0 Å². The predicted molar refractivity (Wildman–Crippen MR) is 134 cm³/mol. The first-order valence-electron chi connectivity index (χ1n) is 11.3. The number of rotatable bonds is 10. The molecule has 0 heterocycles. The summed E-state index contributed by atoms with van der Waals surface area (Å²) in [7, 11) is -3.72. The molecule has 0 amide bonds. The molecule has 0 aliphatic heterocycles. The molecule has 1 aromatic carbocycles. The van der Waals surface area contributed by atoms with E-state index in [-0.39, 0.29) is 11.1 Å². The summed E-state index contributed by atoms with van der Waals surface area (Å²) < 4.78 is 13.5. The Labute approximate surface area is 183 Å². The third-order valence-corrected chi connectivity index (χ3v) is 17.4. The fourth-order valence-electron chi connectivity index (χ4n) is 4.14. The van der Waals surface area contributed by atoms with Gasteiger partial charge in [-0.15, -0.1) is 0 Å². The molecule has 0 N–H and O–H groups in total. The van der Waals surface area contributed by atoms with E-state index >= 15 is 0 Å². The summed E-state index contributed by atoms with van der Waals surface area (Å²) in [5.41, 5.74) is 2.91. The molecule has 0 fully saturated rings. The van der Waals surface area contributed by atoms with Crippen molar-refractivity contribution in [2.24, 2.45) is 0 Å². The Morgan fingerprint density at radius 2 is 1.34 bits per heavy atom. The highest BCUT2D eigenvalue weighted by Gasteiger charge is 2.46. The normalized spacial score (nSPS) is 15.1. The van der Waals surface area contributed by atoms with Gasteiger partial charge >= 0.3 is 0 Å². The van der Waals surface area contributed by atoms with Gasteiger partial charge in [0.05, 0.1) is 12.7 Å². The van der Waals surface area contributed by atoms with Crippen molar-refractivity contribution in [1.29, 1.82) is 0 Å². The minimum Gasteiger partial charge on any atom is -0.413 e. The molecule has 1 atom stereocenters. The van der Waals surface area contributed by atoms with Crippen molar-refractivity contribution in [1.82, 2.24) is 0 Å². The van der Waals surface area contributed by atoms with E-state index in [2.05, 4.69) is 118 Å². The minimum atomic E-state index is -1.98. The van der Waals surface area contributed by atoms with Crippen LogP contribution in [0.5, 0.6) is 0 Å². The van der Waals surface area contributed by atoms with E-state index in [9.17, 15) is 0 Å². The van der Waals surface area contributed by atoms with E-state index in [0.29, 0.717) is 23.2 Å². The topological polar surface area (TPSA) is 18.5 Å². The summed E-state index contributed by atoms with van der Waals surface area (Å²) in [5.74, 6) is 0. The van der Waals surface area contributed by atoms with Gasteiger partial charge in [-0.3, -0.25) is 0 Å². The molecule has 0 aliphatic carbocycles. The average molecular weight is 435 g/mol. The monoisotopic (exact) mass is 434 g/mol. The lowest BCUT2D eigenvalue weighted by Gasteiger charge is -2.44. The van der Waals surface area contributed by atoms with E-state index in [1.165, 1.54) is 5.56 Å². The fraction of sp³-hybridized carbons (Fsp3) is 0.680. The van der Waals surface area contributed by atoms with Gasteiger partial charge in [0, 0.05) is 0 Å². The Morgan fingerprint density at radius 3 is 1.76 bits per heavy atom. The van der Waals surface area contributed by atoms with Crippen LogP contribution in [0.25, 0.3) is 0 Å². The van der Waals surface area contributed by atoms with Crippen LogP contribution in [0.2, 0.25) is 34.8 Å². The summed E-state index contributed by atoms with van der Waals surface area (Å²) >= 11 is 0. The number of benzene rings is 1. The largest absolute Gasteiger partial charge is 0.413 e. The highest BCUT2D eigenvalue weighted by molar-refractivity contribution is 6.77. The lowest BCUT2D eigenvalue weighted by atomic mass is 10.1. The highest BCUT2D eigenvalue weighted by Crippen LogP contribution is 2.45. The van der Waals surface area contributed by atoms with Crippen molar-refractivity contribution in [2.45, 2.75) is 103 Å². The van der Waals surface area contributed by atoms with Crippen molar-refractivity contribution < 1.29 is 8.85 Å². The van der Waals surface area contributed by atoms with Gasteiger partial charge in [0.1, 0.15) is 0 Å². The van der Waals surface area contributed by atoms with Gasteiger partial charge in [-0.05, 0) is 40.3 Å². The second-order valence-electron chi connectivity index (χ2n) is 10.8. The Bertz CT molecular complexity index is 606. The second-order valence-corrected chi connectivity index (χ2v) is 21.0. The summed E-state index contributed by atoms with van der Waals surface area (Å²) in [5, 5.41) is 0.227. The SMILES string of the molecule is CC(C)[Si](OC(/C=C/CO[Si](C)(C)C(C)(C)C)c1ccccc1)(C(C)C)C(C)C. The van der Waals surface area contributed by atoms with Crippen molar-refractivity contribution in [3.8, 4) is 0 Å². The van der Waals surface area contributed by atoms with Crippen LogP contribution in [0.15, 0.2) is 42.5 Å². The van der Waals surface area contributed by atoms with Gasteiger partial charge in [-0.1, -0.05) is 105 Å². The fourth-order valence-corrected chi connectivity index (χ4v) is 10.6. The minimum absolute atomic E-state index is 0.0157. The Balaban J connectivity index is 3.13. The summed E-state index contributed by atoms with van der Waals surface area (Å²) in [6.07, 6.45) is 4.40. The third-order valence-electron chi connectivity index (χ3n) is 6.82. The Kier molecular flexibility index (Phi) is 9.60. The van der Waals surface area contributed by atoms with Gasteiger partial charge in [-0.25, -0.2) is 0 Å². The van der Waals surface area contributed by atoms with Crippen molar-refractivity contribution in [3.05, 3.63) is 48.0 Å². The molecule has 0 radical (unpaired) electrons. The van der Waals surface area contributed by atoms with Crippen LogP contribution < -0.4 is 0 Å². The number of hydrogen-bond acceptors (Lipinski definition) is 2. The number of hydrogen-bond donors (Lipinski definition) is 0. The van der Waals surface area contributed by atoms with Gasteiger partial charge in [-0.2, -0.15) is 0 Å². The first-order valence-corrected chi connectivity index (χ1v) is 16.3. The molecule has 29 heavy (non-hydrogen) atoms. The van der Waals surface area contributed by atoms with Crippen LogP contribution >= 0.6 is 0 Å². The molecule has 1 unspecified atom stereocenters. The van der Waals surface area contributed by atoms with Crippen LogP contribution in [0, 0.1) is 0 Å². The smallest absolute Gasteiger partial charge is 0.201 e. The lowest BCUT2D eigenvalue weighted by Crippen LogP contribution is -2.48. The maximum atomic E-state index is 7.12. The van der Waals surface area contributed by atoms with Crippen LogP contribution in [-0.4, -0.2) is 23.2 Å². The molecule has 0 bridgehead atoms. The maximum Gasteiger partial charge on any atom is 0.201 e. The molecule has 0 saturated carbocycles. The third kappa shape index (κ3) is 6.65. The van der Waals surface area contributed by atoms with E-state index < -0.39 is 16.6 Å². The molecular weight excluding hydrogens is 388 g/mol. The standard InChI is InChI=1S/C25H46O2Si2/c1-20(2)29(21(3)4,22(5)6)27-24(23-16-13-12-14-17-23)18-15-19-26-28(10,11)25(7,8)9/h12-18,20-22,24H,19H2,1-11H3/b18-15+. The van der Waals surface area contributed by atoms with Crippen LogP contribution in [0.3, 0.4) is 0 Å². The Morgan fingerprint density at radius 1 is 0.862 bits per heavy atom. The summed E-state index contributed by atoms with van der Waals surface area (Å²) in [6, 6.07) is 10.7. The van der Waals surface area contributed by atoms with Gasteiger partial charge in [0.25, 0.3) is 0 Å². The molecule has 0 aliphatic rings. The van der Waals surface area contributed by atoms with Gasteiger partial charge in [0.15, 0.2) is 8.32 Å². The predicted octanol–water partition coefficient (Wildman–Crippen LogP) is 8.50. The molecule has 2 nitrogen and oxygen atoms in total. The van der Waals surface area contributed by atoms with Crippen molar-refractivity contribution >= 4 is 16.6 Å². The van der Waals surface area contributed by atoms with E-state index in [4.69, 9.17) is 8.85 Å². The zero-order valence-corrected chi connectivity index (χ0v) is 22.9. The molecule has 0 spiro atoms. The van der Waals surface area contributed by atoms with Crippen LogP contribution in [0.4, 0.5) is 0 Å². The summed E-state index contributed by atoms with van der Waals surface area (Å²) in [6.45, 7) is 26.2. The second kappa shape index (κ2) is 10.6. The molecule has 0 aromatic heterocycles. The first kappa shape index (κ1) is 26.3.